The lowest BCUT2D eigenvalue weighted by Crippen LogP contribution is -2.28. The number of hydrogen-bond acceptors (Lipinski definition) is 6. The van der Waals surface area contributed by atoms with E-state index in [1.165, 1.54) is 10.9 Å². The molecule has 30 heavy (non-hydrogen) atoms. The van der Waals surface area contributed by atoms with Crippen molar-refractivity contribution in [3.05, 3.63) is 76.3 Å². The number of hydrogen-bond donors (Lipinski definition) is 1. The predicted molar refractivity (Wildman–Crippen MR) is 117 cm³/mol. The summed E-state index contributed by atoms with van der Waals surface area (Å²) in [6, 6.07) is 15.5. The number of fused-ring (bicyclic) bond motifs is 1. The molecule has 152 valence electrons. The molecule has 0 aliphatic heterocycles. The molecule has 4 rings (SSSR count). The number of anilines is 1. The van der Waals surface area contributed by atoms with Crippen molar-refractivity contribution >= 4 is 34.5 Å². The number of nitrogens with zero attached hydrogens (tertiary/aromatic N) is 5. The average molecular weight is 420 g/mol. The van der Waals surface area contributed by atoms with Crippen molar-refractivity contribution in [2.24, 2.45) is 0 Å². The number of aromatic nitrogens is 5. The number of carbonyl (C=O) groups excluding carboxylic acids is 1. The van der Waals surface area contributed by atoms with Gasteiger partial charge in [0.25, 0.3) is 5.56 Å². The molecule has 4 aromatic rings. The van der Waals surface area contributed by atoms with E-state index in [0.29, 0.717) is 17.9 Å². The van der Waals surface area contributed by atoms with Gasteiger partial charge in [-0.25, -0.2) is 9.67 Å². The first kappa shape index (κ1) is 19.8. The Morgan fingerprint density at radius 2 is 2.00 bits per heavy atom. The molecular weight excluding hydrogens is 400 g/mol. The topological polar surface area (TPSA) is 94.7 Å². The van der Waals surface area contributed by atoms with E-state index in [4.69, 9.17) is 0 Å². The Morgan fingerprint density at radius 1 is 1.17 bits per heavy atom. The fourth-order valence-corrected chi connectivity index (χ4v) is 3.57. The Hall–Kier alpha value is -3.46. The summed E-state index contributed by atoms with van der Waals surface area (Å²) in [5.74, 6) is -0.316. The zero-order chi connectivity index (χ0) is 21.1. The van der Waals surface area contributed by atoms with Crippen molar-refractivity contribution in [2.75, 3.05) is 11.6 Å². The van der Waals surface area contributed by atoms with Gasteiger partial charge in [0.15, 0.2) is 11.2 Å². The summed E-state index contributed by atoms with van der Waals surface area (Å²) in [5.41, 5.74) is 3.01. The van der Waals surface area contributed by atoms with Gasteiger partial charge in [-0.05, 0) is 42.5 Å². The van der Waals surface area contributed by atoms with Gasteiger partial charge in [0.05, 0.1) is 6.54 Å². The van der Waals surface area contributed by atoms with Gasteiger partial charge in [-0.2, -0.15) is 0 Å². The minimum absolute atomic E-state index is 0.142. The number of benzene rings is 2. The maximum absolute atomic E-state index is 12.8. The van der Waals surface area contributed by atoms with Gasteiger partial charge in [-0.15, -0.1) is 16.9 Å². The van der Waals surface area contributed by atoms with Crippen LogP contribution in [0.15, 0.2) is 64.5 Å². The molecule has 0 atom stereocenters. The molecule has 0 saturated heterocycles. The summed E-state index contributed by atoms with van der Waals surface area (Å²) in [7, 11) is 0. The Balaban J connectivity index is 1.54. The molecule has 2 aromatic carbocycles. The Morgan fingerprint density at radius 3 is 2.80 bits per heavy atom. The van der Waals surface area contributed by atoms with E-state index in [0.717, 1.165) is 16.0 Å². The third-order valence-corrected chi connectivity index (χ3v) is 5.47. The predicted octanol–water partition coefficient (Wildman–Crippen LogP) is 2.71. The summed E-state index contributed by atoms with van der Waals surface area (Å²) in [4.78, 5) is 30.6. The normalized spacial score (nSPS) is 11.0. The minimum atomic E-state index is -0.399. The van der Waals surface area contributed by atoms with E-state index in [2.05, 4.69) is 20.6 Å². The smallest absolute Gasteiger partial charge is 0.283 e. The lowest BCUT2D eigenvalue weighted by Gasteiger charge is -2.08. The van der Waals surface area contributed by atoms with Gasteiger partial charge < -0.3 is 5.32 Å². The summed E-state index contributed by atoms with van der Waals surface area (Å²) >= 11 is 1.59. The number of amides is 1. The Bertz CT molecular complexity index is 1280. The summed E-state index contributed by atoms with van der Waals surface area (Å²) in [6.45, 7) is 2.32. The highest BCUT2D eigenvalue weighted by Gasteiger charge is 2.14. The van der Waals surface area contributed by atoms with E-state index in [1.807, 2.05) is 55.6 Å². The molecule has 0 radical (unpaired) electrons. The molecule has 0 unspecified atom stereocenters. The highest BCUT2D eigenvalue weighted by Crippen LogP contribution is 2.19. The van der Waals surface area contributed by atoms with E-state index in [1.54, 1.807) is 22.5 Å². The highest BCUT2D eigenvalue weighted by atomic mass is 32.2. The van der Waals surface area contributed by atoms with Crippen molar-refractivity contribution in [3.63, 3.8) is 0 Å². The molecule has 9 heteroatoms. The van der Waals surface area contributed by atoms with Gasteiger partial charge in [0.1, 0.15) is 12.9 Å². The van der Waals surface area contributed by atoms with Crippen LogP contribution in [0.4, 0.5) is 5.69 Å². The first-order valence-corrected chi connectivity index (χ1v) is 10.5. The second-order valence-corrected chi connectivity index (χ2v) is 7.68. The number of thioether (sulfide) groups is 1. The Kier molecular flexibility index (Phi) is 5.62. The molecule has 1 amide bonds. The molecule has 2 aromatic heterocycles. The highest BCUT2D eigenvalue weighted by molar-refractivity contribution is 7.98. The fourth-order valence-electron chi connectivity index (χ4n) is 3.11. The Labute approximate surface area is 176 Å². The molecule has 0 aliphatic carbocycles. The number of nitrogens with one attached hydrogen (secondary N) is 1. The molecular formula is C21H20N6O2S. The van der Waals surface area contributed by atoms with Crippen LogP contribution in [0.25, 0.3) is 11.2 Å². The molecule has 0 saturated carbocycles. The average Bonchev–Trinajstić information content (AvgIpc) is 3.15. The standard InChI is InChI=1S/C21H20N6O2S/c1-14-6-3-4-7-15(14)11-27-20-19(24-25-27)21(29)26(13-22-20)12-18(28)23-16-8-5-9-17(10-16)30-2/h3-10,13H,11-12H2,1-2H3,(H,23,28). The number of aryl methyl sites for hydroxylation is 1. The van der Waals surface area contributed by atoms with Crippen LogP contribution in [-0.2, 0) is 17.9 Å². The zero-order valence-electron chi connectivity index (χ0n) is 16.6. The summed E-state index contributed by atoms with van der Waals surface area (Å²) < 4.78 is 2.83. The second kappa shape index (κ2) is 8.50. The van der Waals surface area contributed by atoms with Gasteiger partial charge in [-0.3, -0.25) is 14.2 Å². The van der Waals surface area contributed by atoms with Crippen LogP contribution >= 0.6 is 11.8 Å². The van der Waals surface area contributed by atoms with E-state index >= 15 is 0 Å². The van der Waals surface area contributed by atoms with Gasteiger partial charge in [0, 0.05) is 10.6 Å². The van der Waals surface area contributed by atoms with Crippen molar-refractivity contribution in [2.45, 2.75) is 24.9 Å². The second-order valence-electron chi connectivity index (χ2n) is 6.80. The zero-order valence-corrected chi connectivity index (χ0v) is 17.4. The third kappa shape index (κ3) is 4.11. The van der Waals surface area contributed by atoms with Gasteiger partial charge in [0.2, 0.25) is 5.91 Å². The quantitative estimate of drug-likeness (QED) is 0.482. The van der Waals surface area contributed by atoms with E-state index < -0.39 is 5.56 Å². The molecule has 0 spiro atoms. The van der Waals surface area contributed by atoms with Crippen molar-refractivity contribution in [3.8, 4) is 0 Å². The maximum atomic E-state index is 12.8. The van der Waals surface area contributed by atoms with Crippen LogP contribution in [-0.4, -0.2) is 36.7 Å². The lowest BCUT2D eigenvalue weighted by molar-refractivity contribution is -0.116. The lowest BCUT2D eigenvalue weighted by atomic mass is 10.1. The number of rotatable bonds is 6. The van der Waals surface area contributed by atoms with Crippen LogP contribution in [0.5, 0.6) is 0 Å². The minimum Gasteiger partial charge on any atom is -0.324 e. The van der Waals surface area contributed by atoms with Gasteiger partial charge >= 0.3 is 0 Å². The van der Waals surface area contributed by atoms with E-state index in [-0.39, 0.29) is 18.0 Å². The largest absolute Gasteiger partial charge is 0.324 e. The monoisotopic (exact) mass is 420 g/mol. The molecule has 0 aliphatic rings. The molecule has 0 fully saturated rings. The van der Waals surface area contributed by atoms with E-state index in [9.17, 15) is 9.59 Å². The maximum Gasteiger partial charge on any atom is 0.283 e. The first-order valence-electron chi connectivity index (χ1n) is 9.32. The summed E-state index contributed by atoms with van der Waals surface area (Å²) in [6.07, 6.45) is 3.33. The van der Waals surface area contributed by atoms with Crippen LogP contribution in [0.2, 0.25) is 0 Å². The van der Waals surface area contributed by atoms with Crippen LogP contribution < -0.4 is 10.9 Å². The van der Waals surface area contributed by atoms with Crippen molar-refractivity contribution in [1.29, 1.82) is 0 Å². The van der Waals surface area contributed by atoms with Crippen molar-refractivity contribution < 1.29 is 4.79 Å². The van der Waals surface area contributed by atoms with Crippen LogP contribution in [0.1, 0.15) is 11.1 Å². The van der Waals surface area contributed by atoms with Crippen LogP contribution in [0.3, 0.4) is 0 Å². The fraction of sp³-hybridized carbons (Fsp3) is 0.190. The molecule has 2 heterocycles. The molecule has 1 N–H and O–H groups in total. The number of carbonyl (C=O) groups is 1. The van der Waals surface area contributed by atoms with Gasteiger partial charge in [-0.1, -0.05) is 35.5 Å². The first-order chi connectivity index (χ1) is 14.5. The SMILES string of the molecule is CSc1cccc(NC(=O)Cn2cnc3c(nnn3Cc3ccccc3C)c2=O)c1. The molecule has 0 bridgehead atoms. The van der Waals surface area contributed by atoms with Crippen molar-refractivity contribution in [1.82, 2.24) is 24.5 Å². The molecule has 8 nitrogen and oxygen atoms in total. The summed E-state index contributed by atoms with van der Waals surface area (Å²) in [5, 5.41) is 10.9. The van der Waals surface area contributed by atoms with Crippen LogP contribution in [0, 0.1) is 6.92 Å². The third-order valence-electron chi connectivity index (χ3n) is 4.74.